The van der Waals surface area contributed by atoms with Crippen LogP contribution in [0.3, 0.4) is 0 Å². The van der Waals surface area contributed by atoms with Gasteiger partial charge in [0.2, 0.25) is 0 Å². The molecule has 0 saturated heterocycles. The van der Waals surface area contributed by atoms with Crippen LogP contribution in [0.1, 0.15) is 25.0 Å². The van der Waals surface area contributed by atoms with E-state index in [-0.39, 0.29) is 5.41 Å². The molecule has 2 nitrogen and oxygen atoms in total. The quantitative estimate of drug-likeness (QED) is 0.173. The van der Waals surface area contributed by atoms with Gasteiger partial charge >= 0.3 is 0 Å². The van der Waals surface area contributed by atoms with E-state index in [1.54, 1.807) is 0 Å². The predicted molar refractivity (Wildman–Crippen MR) is 328 cm³/mol. The van der Waals surface area contributed by atoms with Crippen molar-refractivity contribution in [2.45, 2.75) is 19.3 Å². The zero-order chi connectivity index (χ0) is 49.5. The van der Waals surface area contributed by atoms with E-state index < -0.39 is 0 Å². The van der Waals surface area contributed by atoms with Crippen molar-refractivity contribution in [1.29, 1.82) is 0 Å². The van der Waals surface area contributed by atoms with E-state index in [1.807, 2.05) is 22.7 Å². The van der Waals surface area contributed by atoms with Gasteiger partial charge in [0.15, 0.2) is 0 Å². The van der Waals surface area contributed by atoms with Crippen molar-refractivity contribution in [1.82, 2.24) is 0 Å². The molecule has 0 saturated carbocycles. The van der Waals surface area contributed by atoms with Crippen molar-refractivity contribution in [3.63, 3.8) is 0 Å². The van der Waals surface area contributed by atoms with Gasteiger partial charge in [0.25, 0.3) is 0 Å². The molecule has 1 aliphatic carbocycles. The van der Waals surface area contributed by atoms with Gasteiger partial charge in [-0.1, -0.05) is 202 Å². The van der Waals surface area contributed by atoms with Crippen molar-refractivity contribution in [2.75, 3.05) is 10.2 Å². The molecule has 0 atom stereocenters. The summed E-state index contributed by atoms with van der Waals surface area (Å²) < 4.78 is 5.27. The van der Waals surface area contributed by atoms with Gasteiger partial charge in [-0.25, -0.2) is 0 Å². The van der Waals surface area contributed by atoms with E-state index in [1.165, 1.54) is 150 Å². The van der Waals surface area contributed by atoms with Gasteiger partial charge in [-0.15, -0.1) is 22.7 Å². The van der Waals surface area contributed by atoms with E-state index >= 15 is 0 Å². The van der Waals surface area contributed by atoms with Crippen LogP contribution in [0.5, 0.6) is 0 Å². The summed E-state index contributed by atoms with van der Waals surface area (Å²) in [7, 11) is 0. The molecule has 0 bridgehead atoms. The van der Waals surface area contributed by atoms with E-state index in [0.29, 0.717) is 0 Å². The summed E-state index contributed by atoms with van der Waals surface area (Å²) in [6.45, 7) is 4.74. The fourth-order valence-corrected chi connectivity index (χ4v) is 15.3. The summed E-state index contributed by atoms with van der Waals surface area (Å²) in [6.07, 6.45) is 0. The highest BCUT2D eigenvalue weighted by molar-refractivity contribution is 7.26. The number of hydrogen-bond donors (Lipinski definition) is 1. The second kappa shape index (κ2) is 16.1. The fourth-order valence-electron chi connectivity index (χ4n) is 12.9. The van der Waals surface area contributed by atoms with Crippen molar-refractivity contribution < 1.29 is 0 Å². The van der Waals surface area contributed by atoms with E-state index in [9.17, 15) is 0 Å². The Balaban J connectivity index is 0.000000138. The molecule has 16 aromatic rings. The number of thiophene rings is 2. The third kappa shape index (κ3) is 6.31. The summed E-state index contributed by atoms with van der Waals surface area (Å²) in [4.78, 5) is 2.53. The monoisotopic (exact) mass is 990 g/mol. The molecule has 14 aromatic carbocycles. The zero-order valence-corrected chi connectivity index (χ0v) is 42.9. The highest BCUT2D eigenvalue weighted by atomic mass is 32.1. The van der Waals surface area contributed by atoms with Crippen LogP contribution < -0.4 is 10.2 Å². The van der Waals surface area contributed by atoms with Gasteiger partial charge in [0.05, 0.1) is 26.5 Å². The van der Waals surface area contributed by atoms with Crippen LogP contribution in [0, 0.1) is 0 Å². The number of nitrogens with zero attached hydrogens (tertiary/aromatic N) is 1. The van der Waals surface area contributed by atoms with Gasteiger partial charge in [0, 0.05) is 58.5 Å². The lowest BCUT2D eigenvalue weighted by molar-refractivity contribution is 0.660. The Morgan fingerprint density at radius 3 is 1.55 bits per heavy atom. The number of benzene rings is 14. The molecule has 17 rings (SSSR count). The van der Waals surface area contributed by atoms with Gasteiger partial charge in [-0.3, -0.25) is 0 Å². The molecule has 2 heterocycles. The molecule has 1 aliphatic rings. The fraction of sp³-hybridized carbons (Fsp3) is 0.0423. The van der Waals surface area contributed by atoms with E-state index in [4.69, 9.17) is 0 Å². The molecule has 1 N–H and O–H groups in total. The van der Waals surface area contributed by atoms with Crippen molar-refractivity contribution >= 4 is 156 Å². The molecule has 75 heavy (non-hydrogen) atoms. The molecule has 4 heteroatoms. The molecule has 0 amide bonds. The first-order valence-electron chi connectivity index (χ1n) is 25.9. The van der Waals surface area contributed by atoms with E-state index in [2.05, 4.69) is 261 Å². The highest BCUT2D eigenvalue weighted by Gasteiger charge is 2.36. The Morgan fingerprint density at radius 1 is 0.333 bits per heavy atom. The maximum Gasteiger partial charge on any atom is 0.0640 e. The maximum atomic E-state index is 3.77. The highest BCUT2D eigenvalue weighted by Crippen LogP contribution is 2.53. The normalized spacial score (nSPS) is 13.0. The average Bonchev–Trinajstić information content (AvgIpc) is 4.15. The minimum atomic E-state index is -0.0834. The largest absolute Gasteiger partial charge is 0.354 e. The molecule has 0 aliphatic heterocycles. The SMILES string of the molecule is CC1(C)c2ccccc2-c2ccc(N(c3ccc4ccc5cccc6ccc3c4c56)c3cccc4c3sc3ccccc34)cc21.c1cc2ccc3ccc(Nc4cccc5c4sc4ccccc45)c4ccc(c1)c2c34. The topological polar surface area (TPSA) is 15.3 Å². The van der Waals surface area contributed by atoms with Crippen molar-refractivity contribution in [3.05, 3.63) is 248 Å². The van der Waals surface area contributed by atoms with Crippen LogP contribution in [0.4, 0.5) is 28.4 Å². The Kier molecular flexibility index (Phi) is 9.16. The Morgan fingerprint density at radius 2 is 0.840 bits per heavy atom. The summed E-state index contributed by atoms with van der Waals surface area (Å²) >= 11 is 3.75. The molecule has 0 radical (unpaired) electrons. The van der Waals surface area contributed by atoms with Crippen LogP contribution in [0.25, 0.3) is 116 Å². The number of fused-ring (bicyclic) bond motifs is 9. The third-order valence-electron chi connectivity index (χ3n) is 16.4. The minimum Gasteiger partial charge on any atom is -0.354 e. The second-order valence-corrected chi connectivity index (χ2v) is 22.9. The van der Waals surface area contributed by atoms with Crippen LogP contribution in [-0.4, -0.2) is 0 Å². The molecular formula is C71H46N2S2. The van der Waals surface area contributed by atoms with Gasteiger partial charge in [-0.05, 0) is 125 Å². The first-order valence-corrected chi connectivity index (χ1v) is 27.5. The van der Waals surface area contributed by atoms with Gasteiger partial charge in [0.1, 0.15) is 0 Å². The number of hydrogen-bond acceptors (Lipinski definition) is 4. The smallest absolute Gasteiger partial charge is 0.0640 e. The maximum absolute atomic E-state index is 3.77. The van der Waals surface area contributed by atoms with Crippen molar-refractivity contribution in [3.8, 4) is 11.1 Å². The number of anilines is 5. The molecule has 2 aromatic heterocycles. The minimum absolute atomic E-state index is 0.0834. The Hall–Kier alpha value is -8.80. The molecular weight excluding hydrogens is 945 g/mol. The molecule has 352 valence electrons. The third-order valence-corrected chi connectivity index (χ3v) is 18.8. The van der Waals surface area contributed by atoms with Gasteiger partial charge in [-0.2, -0.15) is 0 Å². The van der Waals surface area contributed by atoms with Crippen molar-refractivity contribution in [2.24, 2.45) is 0 Å². The lowest BCUT2D eigenvalue weighted by atomic mass is 9.82. The zero-order valence-electron chi connectivity index (χ0n) is 41.3. The Bertz CT molecular complexity index is 4950. The number of rotatable bonds is 5. The van der Waals surface area contributed by atoms with E-state index in [0.717, 1.165) is 5.69 Å². The molecule has 0 spiro atoms. The lowest BCUT2D eigenvalue weighted by Gasteiger charge is -2.30. The van der Waals surface area contributed by atoms with Gasteiger partial charge < -0.3 is 10.2 Å². The number of nitrogens with one attached hydrogen (secondary N) is 1. The summed E-state index contributed by atoms with van der Waals surface area (Å²) in [5.74, 6) is 0. The summed E-state index contributed by atoms with van der Waals surface area (Å²) in [5.41, 5.74) is 11.3. The van der Waals surface area contributed by atoms with Crippen LogP contribution in [0.2, 0.25) is 0 Å². The van der Waals surface area contributed by atoms with Crippen LogP contribution >= 0.6 is 22.7 Å². The second-order valence-electron chi connectivity index (χ2n) is 20.8. The van der Waals surface area contributed by atoms with Crippen LogP contribution in [0.15, 0.2) is 237 Å². The predicted octanol–water partition coefficient (Wildman–Crippen LogP) is 21.4. The first kappa shape index (κ1) is 42.7. The summed E-state index contributed by atoms with van der Waals surface area (Å²) in [5, 5.41) is 24.7. The summed E-state index contributed by atoms with van der Waals surface area (Å²) in [6, 6.07) is 87.4. The average molecular weight is 991 g/mol. The first-order chi connectivity index (χ1) is 36.9. The van der Waals surface area contributed by atoms with Crippen LogP contribution in [-0.2, 0) is 5.41 Å². The Labute approximate surface area is 441 Å². The molecule has 0 fully saturated rings. The molecule has 0 unspecified atom stereocenters. The standard InChI is InChI=1S/C43H29NS.C28H17NS/c1-43(2)35-14-5-3-11-30(35)31-23-21-29(25-36(31)43)44(38-15-8-13-33-32-12-4-6-16-39(32)45-42(33)38)37-24-20-28-18-17-26-9-7-10-27-19-22-34(37)41(28)40(26)27;1-2-10-25-20(7-1)21-8-4-9-24(28(21)30-25)29-23-16-14-19-12-11-17-5-3-6-18-13-15-22(23)27(19)26(17)18/h3-25H,1-2H3;1-16,29H. The lowest BCUT2D eigenvalue weighted by Crippen LogP contribution is -2.16.